The molecule has 1 aliphatic rings. The van der Waals surface area contributed by atoms with Crippen LogP contribution in [-0.2, 0) is 4.79 Å². The van der Waals surface area contributed by atoms with E-state index in [9.17, 15) is 4.79 Å². The molecule has 2 N–H and O–H groups in total. The quantitative estimate of drug-likeness (QED) is 0.858. The van der Waals surface area contributed by atoms with Crippen LogP contribution in [0.25, 0.3) is 0 Å². The molecule has 0 saturated carbocycles. The molecule has 0 aromatic carbocycles. The molecule has 3 atom stereocenters. The van der Waals surface area contributed by atoms with Gasteiger partial charge in [0.2, 0.25) is 5.91 Å². The van der Waals surface area contributed by atoms with E-state index in [1.54, 1.807) is 0 Å². The van der Waals surface area contributed by atoms with E-state index >= 15 is 0 Å². The summed E-state index contributed by atoms with van der Waals surface area (Å²) in [5.41, 5.74) is 6.29. The summed E-state index contributed by atoms with van der Waals surface area (Å²) in [6.07, 6.45) is 1.38. The monoisotopic (exact) mass is 272 g/mol. The van der Waals surface area contributed by atoms with Gasteiger partial charge in [0.15, 0.2) is 0 Å². The Balaban J connectivity index is 2.49. The van der Waals surface area contributed by atoms with E-state index in [4.69, 9.17) is 5.73 Å². The van der Waals surface area contributed by atoms with E-state index in [-0.39, 0.29) is 17.4 Å². The fourth-order valence-electron chi connectivity index (χ4n) is 2.49. The average Bonchev–Trinajstić information content (AvgIpc) is 2.18. The zero-order valence-electron chi connectivity index (χ0n) is 12.4. The third-order valence-electron chi connectivity index (χ3n) is 3.52. The van der Waals surface area contributed by atoms with Gasteiger partial charge in [0.25, 0.3) is 0 Å². The third-order valence-corrected chi connectivity index (χ3v) is 4.85. The molecule has 0 bridgehead atoms. The second-order valence-electron chi connectivity index (χ2n) is 6.63. The number of hydrogen-bond donors (Lipinski definition) is 1. The van der Waals surface area contributed by atoms with E-state index in [0.29, 0.717) is 17.7 Å². The highest BCUT2D eigenvalue weighted by Crippen LogP contribution is 2.26. The Labute approximate surface area is 116 Å². The van der Waals surface area contributed by atoms with E-state index in [2.05, 4.69) is 34.6 Å². The van der Waals surface area contributed by atoms with Crippen molar-refractivity contribution in [2.45, 2.75) is 64.8 Å². The molecule has 1 heterocycles. The Bertz CT molecular complexity index is 288. The van der Waals surface area contributed by atoms with Crippen LogP contribution >= 0.6 is 11.8 Å². The average molecular weight is 272 g/mol. The van der Waals surface area contributed by atoms with Crippen LogP contribution in [0.4, 0.5) is 0 Å². The second-order valence-corrected chi connectivity index (χ2v) is 8.12. The first kappa shape index (κ1) is 15.8. The third kappa shape index (κ3) is 4.81. The van der Waals surface area contributed by atoms with Crippen molar-refractivity contribution in [1.29, 1.82) is 0 Å². The molecule has 1 amide bonds. The number of nitrogens with zero attached hydrogens (tertiary/aromatic N) is 1. The lowest BCUT2D eigenvalue weighted by Crippen LogP contribution is -2.49. The number of rotatable bonds is 3. The number of carbonyl (C=O) groups excluding carboxylic acids is 1. The molecule has 1 fully saturated rings. The van der Waals surface area contributed by atoms with Gasteiger partial charge in [-0.2, -0.15) is 11.8 Å². The van der Waals surface area contributed by atoms with Crippen molar-refractivity contribution in [3.63, 3.8) is 0 Å². The van der Waals surface area contributed by atoms with E-state index < -0.39 is 0 Å². The minimum absolute atomic E-state index is 0.0189. The Hall–Kier alpha value is -0.220. The lowest BCUT2D eigenvalue weighted by atomic mass is 9.87. The molecule has 4 heteroatoms. The van der Waals surface area contributed by atoms with Crippen molar-refractivity contribution in [1.82, 2.24) is 4.90 Å². The molecule has 1 aliphatic heterocycles. The number of thioether (sulfide) groups is 1. The molecule has 0 aromatic rings. The molecule has 0 radical (unpaired) electrons. The van der Waals surface area contributed by atoms with Crippen molar-refractivity contribution in [3.05, 3.63) is 0 Å². The number of amides is 1. The lowest BCUT2D eigenvalue weighted by Gasteiger charge is -2.38. The normalized spacial score (nSPS) is 27.1. The summed E-state index contributed by atoms with van der Waals surface area (Å²) < 4.78 is 0. The largest absolute Gasteiger partial charge is 0.338 e. The zero-order valence-corrected chi connectivity index (χ0v) is 13.2. The Kier molecular flexibility index (Phi) is 5.53. The standard InChI is InChI=1S/C14H28N2OS/c1-10-11(2)18-7-6-16(10)13(17)8-12(15)9-14(3,4)5/h10-12H,6-9,15H2,1-5H3. The van der Waals surface area contributed by atoms with Crippen LogP contribution in [0.2, 0.25) is 0 Å². The highest BCUT2D eigenvalue weighted by molar-refractivity contribution is 8.00. The summed E-state index contributed by atoms with van der Waals surface area (Å²) in [5, 5.41) is 0.529. The van der Waals surface area contributed by atoms with Gasteiger partial charge in [0.05, 0.1) is 0 Å². The smallest absolute Gasteiger partial charge is 0.224 e. The minimum Gasteiger partial charge on any atom is -0.338 e. The van der Waals surface area contributed by atoms with Gasteiger partial charge in [-0.3, -0.25) is 4.79 Å². The maximum Gasteiger partial charge on any atom is 0.224 e. The first-order chi connectivity index (χ1) is 8.20. The van der Waals surface area contributed by atoms with E-state index in [0.717, 1.165) is 18.7 Å². The highest BCUT2D eigenvalue weighted by Gasteiger charge is 2.30. The zero-order chi connectivity index (χ0) is 13.9. The van der Waals surface area contributed by atoms with Gasteiger partial charge in [-0.15, -0.1) is 0 Å². The molecule has 1 rings (SSSR count). The van der Waals surface area contributed by atoms with Crippen molar-refractivity contribution < 1.29 is 4.79 Å². The Morgan fingerprint density at radius 1 is 1.44 bits per heavy atom. The lowest BCUT2D eigenvalue weighted by molar-refractivity contribution is -0.133. The fourth-order valence-corrected chi connectivity index (χ4v) is 3.58. The minimum atomic E-state index is -0.0189. The molecule has 1 saturated heterocycles. The Morgan fingerprint density at radius 2 is 2.06 bits per heavy atom. The van der Waals surface area contributed by atoms with E-state index in [1.165, 1.54) is 0 Å². The van der Waals surface area contributed by atoms with Crippen LogP contribution in [0.1, 0.15) is 47.5 Å². The van der Waals surface area contributed by atoms with Crippen LogP contribution < -0.4 is 5.73 Å². The summed E-state index contributed by atoms with van der Waals surface area (Å²) in [4.78, 5) is 14.3. The van der Waals surface area contributed by atoms with Crippen LogP contribution in [-0.4, -0.2) is 40.4 Å². The highest BCUT2D eigenvalue weighted by atomic mass is 32.2. The van der Waals surface area contributed by atoms with Crippen LogP contribution in [0.3, 0.4) is 0 Å². The second kappa shape index (κ2) is 6.29. The summed E-state index contributed by atoms with van der Waals surface area (Å²) in [7, 11) is 0. The van der Waals surface area contributed by atoms with Gasteiger partial charge in [-0.05, 0) is 18.8 Å². The summed E-state index contributed by atoms with van der Waals surface area (Å²) >= 11 is 1.95. The molecular formula is C14H28N2OS. The van der Waals surface area contributed by atoms with E-state index in [1.807, 2.05) is 16.7 Å². The van der Waals surface area contributed by atoms with Gasteiger partial charge in [-0.1, -0.05) is 27.7 Å². The fraction of sp³-hybridized carbons (Fsp3) is 0.929. The maximum absolute atomic E-state index is 12.3. The predicted octanol–water partition coefficient (Wildman–Crippen LogP) is 2.49. The van der Waals surface area contributed by atoms with Gasteiger partial charge in [-0.25, -0.2) is 0 Å². The van der Waals surface area contributed by atoms with Crippen molar-refractivity contribution in [2.75, 3.05) is 12.3 Å². The van der Waals surface area contributed by atoms with Crippen molar-refractivity contribution in [3.8, 4) is 0 Å². The van der Waals surface area contributed by atoms with Gasteiger partial charge in [0, 0.05) is 36.1 Å². The van der Waals surface area contributed by atoms with Crippen molar-refractivity contribution in [2.24, 2.45) is 11.1 Å². The first-order valence-corrected chi connectivity index (χ1v) is 7.92. The Morgan fingerprint density at radius 3 is 2.61 bits per heavy atom. The molecule has 0 aromatic heterocycles. The molecule has 106 valence electrons. The van der Waals surface area contributed by atoms with Gasteiger partial charge < -0.3 is 10.6 Å². The SMILES string of the molecule is CC1SCCN(C(=O)CC(N)CC(C)(C)C)C1C. The molecular weight excluding hydrogens is 244 g/mol. The first-order valence-electron chi connectivity index (χ1n) is 6.87. The van der Waals surface area contributed by atoms with Gasteiger partial charge >= 0.3 is 0 Å². The number of nitrogens with two attached hydrogens (primary N) is 1. The molecule has 0 aliphatic carbocycles. The topological polar surface area (TPSA) is 46.3 Å². The van der Waals surface area contributed by atoms with Gasteiger partial charge in [0.1, 0.15) is 0 Å². The molecule has 3 unspecified atom stereocenters. The molecule has 18 heavy (non-hydrogen) atoms. The predicted molar refractivity (Wildman–Crippen MR) is 79.8 cm³/mol. The maximum atomic E-state index is 12.3. The van der Waals surface area contributed by atoms with Crippen molar-refractivity contribution >= 4 is 17.7 Å². The summed E-state index contributed by atoms with van der Waals surface area (Å²) in [6.45, 7) is 11.7. The number of hydrogen-bond acceptors (Lipinski definition) is 3. The molecule has 3 nitrogen and oxygen atoms in total. The molecule has 0 spiro atoms. The van der Waals surface area contributed by atoms with Crippen LogP contribution in [0.15, 0.2) is 0 Å². The number of carbonyl (C=O) groups is 1. The summed E-state index contributed by atoms with van der Waals surface area (Å²) in [5.74, 6) is 1.28. The van der Waals surface area contributed by atoms with Crippen LogP contribution in [0.5, 0.6) is 0 Å². The van der Waals surface area contributed by atoms with Crippen LogP contribution in [0, 0.1) is 5.41 Å². The summed E-state index contributed by atoms with van der Waals surface area (Å²) in [6, 6.07) is 0.313.